The minimum atomic E-state index is -0.681. The average Bonchev–Trinajstić information content (AvgIpc) is 2.72. The Morgan fingerprint density at radius 3 is 2.70 bits per heavy atom. The number of likely N-dealkylation sites (N-methyl/N-ethyl adjacent to an activating group) is 1. The third-order valence-corrected chi connectivity index (χ3v) is 3.84. The van der Waals surface area contributed by atoms with Crippen LogP contribution in [0.3, 0.4) is 0 Å². The van der Waals surface area contributed by atoms with Gasteiger partial charge in [0, 0.05) is 43.9 Å². The molecule has 1 aromatic carbocycles. The van der Waals surface area contributed by atoms with Crippen molar-refractivity contribution in [1.29, 1.82) is 0 Å². The summed E-state index contributed by atoms with van der Waals surface area (Å²) in [6.45, 7) is 1.82. The van der Waals surface area contributed by atoms with Crippen LogP contribution in [0, 0.1) is 18.6 Å². The number of hydrogen-bond donors (Lipinski definition) is 0. The molecule has 0 aliphatic carbocycles. The molecule has 0 bridgehead atoms. The summed E-state index contributed by atoms with van der Waals surface area (Å²) < 4.78 is 28.0. The first-order valence-electron chi connectivity index (χ1n) is 6.85. The maximum Gasteiger partial charge on any atom is 0.246 e. The summed E-state index contributed by atoms with van der Waals surface area (Å²) in [6, 6.07) is 3.27. The normalized spacial score (nSPS) is 11.2. The number of carbonyl (C=O) groups excluding carboxylic acids is 1. The Bertz CT molecular complexity index is 771. The molecule has 23 heavy (non-hydrogen) atoms. The largest absolute Gasteiger partial charge is 0.338 e. The van der Waals surface area contributed by atoms with Gasteiger partial charge in [0.25, 0.3) is 0 Å². The van der Waals surface area contributed by atoms with Gasteiger partial charge < -0.3 is 4.90 Å². The van der Waals surface area contributed by atoms with Crippen molar-refractivity contribution >= 4 is 23.6 Å². The summed E-state index contributed by atoms with van der Waals surface area (Å²) in [7, 11) is 3.24. The van der Waals surface area contributed by atoms with Gasteiger partial charge in [-0.2, -0.15) is 5.10 Å². The lowest BCUT2D eigenvalue weighted by Crippen LogP contribution is -2.24. The molecule has 2 rings (SSSR count). The zero-order valence-corrected chi connectivity index (χ0v) is 13.7. The van der Waals surface area contributed by atoms with Crippen LogP contribution in [0.5, 0.6) is 0 Å². The van der Waals surface area contributed by atoms with E-state index in [9.17, 15) is 13.6 Å². The van der Waals surface area contributed by atoms with Crippen LogP contribution in [0.1, 0.15) is 16.8 Å². The number of halogens is 3. The summed E-state index contributed by atoms with van der Waals surface area (Å²) in [5.74, 6) is -1.66. The minimum Gasteiger partial charge on any atom is -0.338 e. The predicted molar refractivity (Wildman–Crippen MR) is 84.8 cm³/mol. The van der Waals surface area contributed by atoms with Crippen LogP contribution in [-0.2, 0) is 18.4 Å². The average molecular weight is 340 g/mol. The van der Waals surface area contributed by atoms with Crippen molar-refractivity contribution in [1.82, 2.24) is 14.7 Å². The predicted octanol–water partition coefficient (Wildman–Crippen LogP) is 3.33. The topological polar surface area (TPSA) is 38.1 Å². The van der Waals surface area contributed by atoms with Gasteiger partial charge >= 0.3 is 0 Å². The van der Waals surface area contributed by atoms with E-state index in [0.29, 0.717) is 16.4 Å². The highest BCUT2D eigenvalue weighted by atomic mass is 35.5. The number of nitrogens with zero attached hydrogens (tertiary/aromatic N) is 3. The minimum absolute atomic E-state index is 0.0367. The quantitative estimate of drug-likeness (QED) is 0.801. The van der Waals surface area contributed by atoms with Crippen LogP contribution in [0.2, 0.25) is 5.15 Å². The highest BCUT2D eigenvalue weighted by Gasteiger charge is 2.12. The van der Waals surface area contributed by atoms with Gasteiger partial charge in [-0.25, -0.2) is 8.78 Å². The molecule has 0 spiro atoms. The monoisotopic (exact) mass is 339 g/mol. The second-order valence-corrected chi connectivity index (χ2v) is 5.53. The van der Waals surface area contributed by atoms with E-state index < -0.39 is 11.6 Å². The highest BCUT2D eigenvalue weighted by molar-refractivity contribution is 6.31. The Balaban J connectivity index is 2.09. The molecular weight excluding hydrogens is 324 g/mol. The van der Waals surface area contributed by atoms with Crippen molar-refractivity contribution in [2.45, 2.75) is 13.5 Å². The summed E-state index contributed by atoms with van der Waals surface area (Å²) >= 11 is 6.08. The Kier molecular flexibility index (Phi) is 5.15. The lowest BCUT2D eigenvalue weighted by molar-refractivity contribution is -0.125. The van der Waals surface area contributed by atoms with Crippen LogP contribution in [0.4, 0.5) is 8.78 Å². The van der Waals surface area contributed by atoms with Gasteiger partial charge in [0.05, 0.1) is 5.69 Å². The molecule has 0 saturated carbocycles. The summed E-state index contributed by atoms with van der Waals surface area (Å²) in [5.41, 5.74) is 1.60. The van der Waals surface area contributed by atoms with Gasteiger partial charge in [-0.05, 0) is 19.1 Å². The maximum absolute atomic E-state index is 13.6. The Labute approximate surface area is 138 Å². The molecule has 0 aliphatic heterocycles. The molecular formula is C16H16ClF2N3O. The Hall–Kier alpha value is -2.21. The molecule has 1 aromatic heterocycles. The second kappa shape index (κ2) is 6.91. The second-order valence-electron chi connectivity index (χ2n) is 5.18. The van der Waals surface area contributed by atoms with E-state index in [0.717, 1.165) is 12.1 Å². The molecule has 0 atom stereocenters. The third-order valence-electron chi connectivity index (χ3n) is 3.39. The first kappa shape index (κ1) is 17.1. The lowest BCUT2D eigenvalue weighted by Gasteiger charge is -2.15. The first-order chi connectivity index (χ1) is 10.8. The van der Waals surface area contributed by atoms with Crippen molar-refractivity contribution in [3.05, 3.63) is 57.9 Å². The van der Waals surface area contributed by atoms with Crippen molar-refractivity contribution in [3.63, 3.8) is 0 Å². The summed E-state index contributed by atoms with van der Waals surface area (Å²) in [4.78, 5) is 13.4. The molecule has 7 heteroatoms. The number of rotatable bonds is 4. The third kappa shape index (κ3) is 3.96. The maximum atomic E-state index is 13.6. The number of aryl methyl sites for hydroxylation is 2. The standard InChI is InChI=1S/C16H16ClF2N3O/c1-10-13(16(17)22(3)20-10)6-7-15(23)21(2)9-11-4-5-12(18)8-14(11)19/h4-8H,9H2,1-3H3/b7-6+. The smallest absolute Gasteiger partial charge is 0.246 e. The molecule has 2 aromatic rings. The molecule has 0 radical (unpaired) electrons. The van der Waals surface area contributed by atoms with E-state index >= 15 is 0 Å². The van der Waals surface area contributed by atoms with Crippen molar-refractivity contribution in [2.24, 2.45) is 7.05 Å². The first-order valence-corrected chi connectivity index (χ1v) is 7.23. The fourth-order valence-electron chi connectivity index (χ4n) is 2.10. The number of aromatic nitrogens is 2. The molecule has 0 aliphatic rings. The Morgan fingerprint density at radius 1 is 1.43 bits per heavy atom. The number of amides is 1. The van der Waals surface area contributed by atoms with E-state index in [4.69, 9.17) is 11.6 Å². The Morgan fingerprint density at radius 2 is 2.13 bits per heavy atom. The van der Waals surface area contributed by atoms with E-state index in [-0.39, 0.29) is 18.0 Å². The zero-order chi connectivity index (χ0) is 17.1. The summed E-state index contributed by atoms with van der Waals surface area (Å²) in [6.07, 6.45) is 2.92. The van der Waals surface area contributed by atoms with Gasteiger partial charge in [-0.15, -0.1) is 0 Å². The van der Waals surface area contributed by atoms with Gasteiger partial charge in [-0.1, -0.05) is 17.7 Å². The summed E-state index contributed by atoms with van der Waals surface area (Å²) in [5, 5.41) is 4.57. The van der Waals surface area contributed by atoms with Crippen LogP contribution in [0.25, 0.3) is 6.08 Å². The van der Waals surface area contributed by atoms with E-state index in [2.05, 4.69) is 5.10 Å². The van der Waals surface area contributed by atoms with Gasteiger partial charge in [0.2, 0.25) is 5.91 Å². The van der Waals surface area contributed by atoms with E-state index in [1.165, 1.54) is 28.8 Å². The van der Waals surface area contributed by atoms with Crippen molar-refractivity contribution in [2.75, 3.05) is 7.05 Å². The molecule has 0 saturated heterocycles. The van der Waals surface area contributed by atoms with Gasteiger partial charge in [-0.3, -0.25) is 9.48 Å². The lowest BCUT2D eigenvalue weighted by atomic mass is 10.2. The fraction of sp³-hybridized carbons (Fsp3) is 0.250. The van der Waals surface area contributed by atoms with Crippen LogP contribution >= 0.6 is 11.6 Å². The van der Waals surface area contributed by atoms with Crippen LogP contribution in [-0.4, -0.2) is 27.6 Å². The van der Waals surface area contributed by atoms with Crippen LogP contribution in [0.15, 0.2) is 24.3 Å². The fourth-order valence-corrected chi connectivity index (χ4v) is 2.34. The van der Waals surface area contributed by atoms with Crippen molar-refractivity contribution in [3.8, 4) is 0 Å². The molecule has 122 valence electrons. The number of hydrogen-bond acceptors (Lipinski definition) is 2. The van der Waals surface area contributed by atoms with Gasteiger partial charge in [0.1, 0.15) is 16.8 Å². The van der Waals surface area contributed by atoms with E-state index in [1.54, 1.807) is 20.0 Å². The molecule has 0 fully saturated rings. The molecule has 1 heterocycles. The van der Waals surface area contributed by atoms with Crippen LogP contribution < -0.4 is 0 Å². The molecule has 0 N–H and O–H groups in total. The number of benzene rings is 1. The zero-order valence-electron chi connectivity index (χ0n) is 13.0. The molecule has 1 amide bonds. The SMILES string of the molecule is Cc1nn(C)c(Cl)c1/C=C/C(=O)N(C)Cc1ccc(F)cc1F. The highest BCUT2D eigenvalue weighted by Crippen LogP contribution is 2.20. The molecule has 0 unspecified atom stereocenters. The van der Waals surface area contributed by atoms with E-state index in [1.807, 2.05) is 0 Å². The number of carbonyl (C=O) groups is 1. The molecule has 4 nitrogen and oxygen atoms in total. The van der Waals surface area contributed by atoms with Gasteiger partial charge in [0.15, 0.2) is 0 Å². The van der Waals surface area contributed by atoms with Crippen molar-refractivity contribution < 1.29 is 13.6 Å².